The van der Waals surface area contributed by atoms with Crippen LogP contribution < -0.4 is 0 Å². The molecule has 0 spiro atoms. The van der Waals surface area contributed by atoms with Crippen LogP contribution in [0.25, 0.3) is 5.57 Å². The van der Waals surface area contributed by atoms with Crippen LogP contribution in [0.15, 0.2) is 36.2 Å². The minimum absolute atomic E-state index is 0.0255. The molecule has 2 aromatic rings. The van der Waals surface area contributed by atoms with E-state index in [1.54, 1.807) is 6.20 Å². The van der Waals surface area contributed by atoms with E-state index >= 15 is 0 Å². The van der Waals surface area contributed by atoms with Gasteiger partial charge < -0.3 is 5.11 Å². The maximum Gasteiger partial charge on any atom is 0.166 e. The van der Waals surface area contributed by atoms with Crippen LogP contribution in [0.5, 0.6) is 0 Å². The second-order valence-corrected chi connectivity index (χ2v) is 11.6. The Hall–Kier alpha value is -2.42. The number of nitrogens with zero attached hydrogens (tertiary/aromatic N) is 1. The molecule has 1 aromatic carbocycles. The Labute approximate surface area is 192 Å². The van der Waals surface area contributed by atoms with Gasteiger partial charge in [0.2, 0.25) is 0 Å². The Morgan fingerprint density at radius 1 is 0.875 bits per heavy atom. The SMILES string of the molecule is Cc1cc2c(cc1C1(c3ccc(C4=C(O)CCCC4=O)cn3)CC1)C(C)(C)CCC2(C)C. The molecule has 3 nitrogen and oxygen atoms in total. The third kappa shape index (κ3) is 3.24. The first-order valence-electron chi connectivity index (χ1n) is 12.1. The van der Waals surface area contributed by atoms with E-state index in [-0.39, 0.29) is 27.8 Å². The van der Waals surface area contributed by atoms with Gasteiger partial charge in [0.25, 0.3) is 0 Å². The first-order valence-corrected chi connectivity index (χ1v) is 12.1. The number of aliphatic hydroxyl groups is 1. The molecule has 0 aliphatic heterocycles. The van der Waals surface area contributed by atoms with E-state index in [1.165, 1.54) is 35.1 Å². The zero-order chi connectivity index (χ0) is 22.9. The number of aliphatic hydroxyl groups excluding tert-OH is 1. The maximum atomic E-state index is 12.4. The molecule has 1 aromatic heterocycles. The number of benzene rings is 1. The quantitative estimate of drug-likeness (QED) is 0.581. The summed E-state index contributed by atoms with van der Waals surface area (Å²) in [6.07, 6.45) is 8.26. The van der Waals surface area contributed by atoms with Gasteiger partial charge in [-0.1, -0.05) is 45.9 Å². The number of aryl methyl sites for hydroxylation is 1. The second kappa shape index (κ2) is 7.04. The highest BCUT2D eigenvalue weighted by Gasteiger charge is 2.49. The molecule has 5 rings (SSSR count). The summed E-state index contributed by atoms with van der Waals surface area (Å²) in [4.78, 5) is 17.2. The van der Waals surface area contributed by atoms with Crippen molar-refractivity contribution in [3.8, 4) is 0 Å². The molecule has 1 saturated carbocycles. The van der Waals surface area contributed by atoms with Gasteiger partial charge in [0, 0.05) is 30.0 Å². The standard InChI is InChI=1S/C29H35NO2/c1-18-15-21-22(28(4,5)12-11-27(21,2)3)16-20(18)29(13-14-29)25-10-9-19(17-30-25)26-23(31)7-6-8-24(26)32/h9-10,15-17,31H,6-8,11-14H2,1-5H3. The van der Waals surface area contributed by atoms with E-state index in [1.807, 2.05) is 6.07 Å². The van der Waals surface area contributed by atoms with Crippen LogP contribution in [0.1, 0.15) is 106 Å². The molecule has 0 unspecified atom stereocenters. The monoisotopic (exact) mass is 429 g/mol. The summed E-state index contributed by atoms with van der Waals surface area (Å²) >= 11 is 0. The topological polar surface area (TPSA) is 50.2 Å². The number of carbonyl (C=O) groups is 1. The zero-order valence-corrected chi connectivity index (χ0v) is 20.1. The lowest BCUT2D eigenvalue weighted by molar-refractivity contribution is -0.114. The fourth-order valence-corrected chi connectivity index (χ4v) is 6.01. The predicted molar refractivity (Wildman–Crippen MR) is 129 cm³/mol. The molecule has 1 fully saturated rings. The molecule has 3 aliphatic rings. The molecule has 0 atom stereocenters. The lowest BCUT2D eigenvalue weighted by atomic mass is 9.62. The minimum atomic E-state index is -0.0255. The average Bonchev–Trinajstić information content (AvgIpc) is 3.53. The van der Waals surface area contributed by atoms with Crippen molar-refractivity contribution in [2.75, 3.05) is 0 Å². The number of aromatic nitrogens is 1. The molecular formula is C29H35NO2. The van der Waals surface area contributed by atoms with Gasteiger partial charge in [-0.05, 0) is 78.2 Å². The smallest absolute Gasteiger partial charge is 0.166 e. The molecule has 32 heavy (non-hydrogen) atoms. The van der Waals surface area contributed by atoms with Crippen LogP contribution >= 0.6 is 0 Å². The third-order valence-corrected chi connectivity index (χ3v) is 8.39. The molecule has 3 aliphatic carbocycles. The number of pyridine rings is 1. The van der Waals surface area contributed by atoms with Crippen molar-refractivity contribution in [2.24, 2.45) is 0 Å². The van der Waals surface area contributed by atoms with Gasteiger partial charge in [-0.3, -0.25) is 9.78 Å². The molecule has 0 saturated heterocycles. The van der Waals surface area contributed by atoms with Crippen molar-refractivity contribution in [3.63, 3.8) is 0 Å². The summed E-state index contributed by atoms with van der Waals surface area (Å²) in [6.45, 7) is 11.8. The van der Waals surface area contributed by atoms with Gasteiger partial charge in [0.1, 0.15) is 5.76 Å². The van der Waals surface area contributed by atoms with Gasteiger partial charge in [0.05, 0.1) is 11.3 Å². The molecule has 1 heterocycles. The summed E-state index contributed by atoms with van der Waals surface area (Å²) in [6, 6.07) is 9.01. The largest absolute Gasteiger partial charge is 0.512 e. The molecule has 0 radical (unpaired) electrons. The van der Waals surface area contributed by atoms with Crippen LogP contribution in [-0.2, 0) is 21.0 Å². The molecular weight excluding hydrogens is 394 g/mol. The summed E-state index contributed by atoms with van der Waals surface area (Å²) < 4.78 is 0. The van der Waals surface area contributed by atoms with Crippen molar-refractivity contribution < 1.29 is 9.90 Å². The lowest BCUT2D eigenvalue weighted by Crippen LogP contribution is -2.34. The van der Waals surface area contributed by atoms with E-state index in [2.05, 4.69) is 52.8 Å². The Balaban J connectivity index is 1.56. The van der Waals surface area contributed by atoms with Crippen molar-refractivity contribution in [1.82, 2.24) is 4.98 Å². The number of carbonyl (C=O) groups excluding carboxylic acids is 1. The van der Waals surface area contributed by atoms with Crippen LogP contribution in [0.3, 0.4) is 0 Å². The first kappa shape index (κ1) is 21.4. The van der Waals surface area contributed by atoms with Gasteiger partial charge in [-0.2, -0.15) is 0 Å². The first-order chi connectivity index (χ1) is 15.1. The molecule has 3 heteroatoms. The normalized spacial score (nSPS) is 23.1. The van der Waals surface area contributed by atoms with E-state index in [4.69, 9.17) is 4.98 Å². The van der Waals surface area contributed by atoms with Crippen molar-refractivity contribution in [2.45, 2.75) is 95.8 Å². The van der Waals surface area contributed by atoms with Gasteiger partial charge in [-0.25, -0.2) is 0 Å². The van der Waals surface area contributed by atoms with Crippen LogP contribution in [0.4, 0.5) is 0 Å². The van der Waals surface area contributed by atoms with Crippen molar-refractivity contribution in [3.05, 3.63) is 69.7 Å². The van der Waals surface area contributed by atoms with Crippen LogP contribution in [0.2, 0.25) is 0 Å². The Bertz CT molecular complexity index is 1130. The molecule has 1 N–H and O–H groups in total. The minimum Gasteiger partial charge on any atom is -0.512 e. The summed E-state index contributed by atoms with van der Waals surface area (Å²) in [7, 11) is 0. The highest BCUT2D eigenvalue weighted by molar-refractivity contribution is 6.21. The highest BCUT2D eigenvalue weighted by atomic mass is 16.3. The average molecular weight is 430 g/mol. The number of hydrogen-bond acceptors (Lipinski definition) is 3. The van der Waals surface area contributed by atoms with E-state index < -0.39 is 0 Å². The van der Waals surface area contributed by atoms with Crippen LogP contribution in [-0.4, -0.2) is 15.9 Å². The van der Waals surface area contributed by atoms with Crippen molar-refractivity contribution >= 4 is 11.4 Å². The number of hydrogen-bond donors (Lipinski definition) is 1. The maximum absolute atomic E-state index is 12.4. The summed E-state index contributed by atoms with van der Waals surface area (Å²) in [5.41, 5.74) is 8.46. The molecule has 0 bridgehead atoms. The number of rotatable bonds is 3. The Morgan fingerprint density at radius 2 is 1.53 bits per heavy atom. The number of fused-ring (bicyclic) bond motifs is 1. The number of allylic oxidation sites excluding steroid dienone is 2. The van der Waals surface area contributed by atoms with Gasteiger partial charge >= 0.3 is 0 Å². The van der Waals surface area contributed by atoms with E-state index in [0.717, 1.165) is 30.5 Å². The second-order valence-electron chi connectivity index (χ2n) is 11.6. The predicted octanol–water partition coefficient (Wildman–Crippen LogP) is 6.84. The molecule has 0 amide bonds. The number of ketones is 1. The fourth-order valence-electron chi connectivity index (χ4n) is 6.01. The third-order valence-electron chi connectivity index (χ3n) is 8.39. The highest BCUT2D eigenvalue weighted by Crippen LogP contribution is 2.56. The Kier molecular flexibility index (Phi) is 4.71. The lowest BCUT2D eigenvalue weighted by Gasteiger charge is -2.43. The van der Waals surface area contributed by atoms with E-state index in [9.17, 15) is 9.90 Å². The van der Waals surface area contributed by atoms with Gasteiger partial charge in [0.15, 0.2) is 5.78 Å². The summed E-state index contributed by atoms with van der Waals surface area (Å²) in [5, 5.41) is 10.3. The zero-order valence-electron chi connectivity index (χ0n) is 20.1. The van der Waals surface area contributed by atoms with Gasteiger partial charge in [-0.15, -0.1) is 0 Å². The Morgan fingerprint density at radius 3 is 2.09 bits per heavy atom. The van der Waals surface area contributed by atoms with Crippen molar-refractivity contribution in [1.29, 1.82) is 0 Å². The fraction of sp³-hybridized carbons (Fsp3) is 0.517. The summed E-state index contributed by atoms with van der Waals surface area (Å²) in [5.74, 6) is 0.243. The van der Waals surface area contributed by atoms with E-state index in [0.29, 0.717) is 18.4 Å². The van der Waals surface area contributed by atoms with Crippen LogP contribution in [0, 0.1) is 6.92 Å². The molecule has 168 valence electrons. The number of Topliss-reactive ketones (excluding diaryl/α,β-unsaturated/α-hetero) is 1.